The molecule has 1 heterocycles. The van der Waals surface area contributed by atoms with Crippen LogP contribution in [0.1, 0.15) is 127 Å². The minimum atomic E-state index is -0.612. The third-order valence-electron chi connectivity index (χ3n) is 15.3. The Morgan fingerprint density at radius 3 is 2.30 bits per heavy atom. The van der Waals surface area contributed by atoms with Crippen molar-refractivity contribution in [1.82, 2.24) is 0 Å². The van der Waals surface area contributed by atoms with Gasteiger partial charge in [0, 0.05) is 13.8 Å². The smallest absolute Gasteiger partial charge is 0.303 e. The number of carbonyl (C=O) groups is 2. The Balaban J connectivity index is 1.23. The van der Waals surface area contributed by atoms with E-state index < -0.39 is 30.4 Å². The van der Waals surface area contributed by atoms with Crippen molar-refractivity contribution in [3.63, 3.8) is 0 Å². The molecule has 5 aliphatic carbocycles. The van der Waals surface area contributed by atoms with E-state index in [0.717, 1.165) is 30.6 Å². The molecule has 6 nitrogen and oxygen atoms in total. The van der Waals surface area contributed by atoms with Gasteiger partial charge in [0.15, 0.2) is 6.29 Å². The molecule has 258 valence electrons. The molecule has 0 saturated heterocycles. The number of allylic oxidation sites excluding steroid dienone is 2. The predicted molar refractivity (Wildman–Crippen MR) is 180 cm³/mol. The summed E-state index contributed by atoms with van der Waals surface area (Å²) in [7, 11) is 0. The Morgan fingerprint density at radius 1 is 0.891 bits per heavy atom. The molecule has 6 rings (SSSR count). The zero-order chi connectivity index (χ0) is 33.4. The second-order valence-electron chi connectivity index (χ2n) is 18.2. The van der Waals surface area contributed by atoms with Gasteiger partial charge in [-0.1, -0.05) is 67.0 Å². The van der Waals surface area contributed by atoms with Gasteiger partial charge in [0.2, 0.25) is 0 Å². The molecular weight excluding hydrogens is 576 g/mol. The third kappa shape index (κ3) is 5.26. The number of esters is 2. The van der Waals surface area contributed by atoms with Gasteiger partial charge in [-0.15, -0.1) is 0 Å². The third-order valence-corrected chi connectivity index (χ3v) is 15.3. The van der Waals surface area contributed by atoms with Crippen LogP contribution in [-0.4, -0.2) is 43.1 Å². The van der Waals surface area contributed by atoms with Crippen molar-refractivity contribution in [2.75, 3.05) is 6.61 Å². The van der Waals surface area contributed by atoms with E-state index in [4.69, 9.17) is 18.9 Å². The SMILES string of the molecule is CC(=O)OCC1OC(OC2CCC3(C)C(CCC4(C)C3CC=C3C5C(C(C)C)CCC5(C)CCC34C)C2(C)C)C=CC1OC(C)=O. The van der Waals surface area contributed by atoms with Crippen LogP contribution in [0.5, 0.6) is 0 Å². The fourth-order valence-electron chi connectivity index (χ4n) is 12.6. The van der Waals surface area contributed by atoms with Crippen molar-refractivity contribution < 1.29 is 28.5 Å². The number of rotatable bonds is 6. The van der Waals surface area contributed by atoms with Gasteiger partial charge in [0.05, 0.1) is 6.10 Å². The van der Waals surface area contributed by atoms with Gasteiger partial charge in [0.25, 0.3) is 0 Å². The van der Waals surface area contributed by atoms with E-state index in [1.165, 1.54) is 58.8 Å². The molecule has 0 bridgehead atoms. The van der Waals surface area contributed by atoms with Crippen molar-refractivity contribution in [2.45, 2.75) is 152 Å². The summed E-state index contributed by atoms with van der Waals surface area (Å²) in [6.45, 7) is 23.2. The Hall–Kier alpha value is -1.66. The van der Waals surface area contributed by atoms with Crippen LogP contribution in [0, 0.1) is 56.7 Å². The standard InChI is InChI=1S/C40H62O6/c1-24(2)27-15-18-37(7)21-22-39(9)28(35(27)37)11-13-32-38(8)19-17-33(36(5,6)31(38)16-20-40(32,39)10)46-34-14-12-29(44-26(4)42)30(45-34)23-43-25(3)41/h11-12,14,24,27,29-35H,13,15-23H2,1-10H3. The molecule has 0 aromatic heterocycles. The van der Waals surface area contributed by atoms with Crippen LogP contribution in [0.15, 0.2) is 23.8 Å². The van der Waals surface area contributed by atoms with Crippen molar-refractivity contribution in [3.8, 4) is 0 Å². The lowest BCUT2D eigenvalue weighted by Crippen LogP contribution is -2.64. The van der Waals surface area contributed by atoms with Crippen LogP contribution >= 0.6 is 0 Å². The Labute approximate surface area is 278 Å². The summed E-state index contributed by atoms with van der Waals surface area (Å²) in [6.07, 6.45) is 16.1. The van der Waals surface area contributed by atoms with E-state index in [2.05, 4.69) is 61.5 Å². The van der Waals surface area contributed by atoms with Crippen LogP contribution in [-0.2, 0) is 28.5 Å². The first-order chi connectivity index (χ1) is 21.5. The molecule has 12 unspecified atom stereocenters. The zero-order valence-corrected chi connectivity index (χ0v) is 30.4. The predicted octanol–water partition coefficient (Wildman–Crippen LogP) is 8.83. The molecule has 12 atom stereocenters. The fraction of sp³-hybridized carbons (Fsp3) is 0.850. The van der Waals surface area contributed by atoms with Crippen molar-refractivity contribution in [1.29, 1.82) is 0 Å². The van der Waals surface area contributed by atoms with Crippen molar-refractivity contribution >= 4 is 11.9 Å². The summed E-state index contributed by atoms with van der Waals surface area (Å²) in [5.41, 5.74) is 3.13. The second kappa shape index (κ2) is 11.7. The van der Waals surface area contributed by atoms with Gasteiger partial charge in [-0.25, -0.2) is 0 Å². The molecule has 4 saturated carbocycles. The number of carbonyl (C=O) groups excluding carboxylic acids is 2. The number of ether oxygens (including phenoxy) is 4. The molecule has 0 amide bonds. The van der Waals surface area contributed by atoms with Gasteiger partial charge in [-0.3, -0.25) is 9.59 Å². The average Bonchev–Trinajstić information content (AvgIpc) is 3.32. The summed E-state index contributed by atoms with van der Waals surface area (Å²) in [5.74, 6) is 2.76. The summed E-state index contributed by atoms with van der Waals surface area (Å²) >= 11 is 0. The van der Waals surface area contributed by atoms with E-state index in [9.17, 15) is 9.59 Å². The minimum Gasteiger partial charge on any atom is -0.463 e. The first kappa shape index (κ1) is 34.2. The Morgan fingerprint density at radius 2 is 1.63 bits per heavy atom. The van der Waals surface area contributed by atoms with E-state index >= 15 is 0 Å². The average molecular weight is 639 g/mol. The van der Waals surface area contributed by atoms with Crippen LogP contribution in [0.2, 0.25) is 0 Å². The highest BCUT2D eigenvalue weighted by Gasteiger charge is 2.68. The van der Waals surface area contributed by atoms with E-state index in [1.807, 2.05) is 17.7 Å². The van der Waals surface area contributed by atoms with Gasteiger partial charge in [-0.05, 0) is 127 Å². The van der Waals surface area contributed by atoms with Crippen LogP contribution in [0.3, 0.4) is 0 Å². The molecule has 0 spiro atoms. The highest BCUT2D eigenvalue weighted by atomic mass is 16.7. The monoisotopic (exact) mass is 638 g/mol. The molecule has 1 aliphatic heterocycles. The first-order valence-electron chi connectivity index (χ1n) is 18.5. The lowest BCUT2D eigenvalue weighted by molar-refractivity contribution is -0.257. The lowest BCUT2D eigenvalue weighted by Gasteiger charge is -2.71. The molecule has 4 fully saturated rings. The number of hydrogen-bond donors (Lipinski definition) is 0. The lowest BCUT2D eigenvalue weighted by atomic mass is 9.34. The number of fused-ring (bicyclic) bond motifs is 7. The summed E-state index contributed by atoms with van der Waals surface area (Å²) < 4.78 is 23.8. The van der Waals surface area contributed by atoms with Gasteiger partial charge >= 0.3 is 11.9 Å². The van der Waals surface area contributed by atoms with Crippen LogP contribution in [0.25, 0.3) is 0 Å². The molecule has 6 heteroatoms. The van der Waals surface area contributed by atoms with Gasteiger partial charge in [0.1, 0.15) is 18.8 Å². The highest BCUT2D eigenvalue weighted by molar-refractivity contribution is 5.67. The van der Waals surface area contributed by atoms with E-state index in [-0.39, 0.29) is 29.0 Å². The second-order valence-corrected chi connectivity index (χ2v) is 18.2. The molecule has 0 radical (unpaired) electrons. The molecule has 46 heavy (non-hydrogen) atoms. The summed E-state index contributed by atoms with van der Waals surface area (Å²) in [5, 5.41) is 0. The normalized spacial score (nSPS) is 47.6. The summed E-state index contributed by atoms with van der Waals surface area (Å²) in [4.78, 5) is 23.3. The molecule has 0 aromatic carbocycles. The molecule has 6 aliphatic rings. The topological polar surface area (TPSA) is 71.1 Å². The van der Waals surface area contributed by atoms with Crippen molar-refractivity contribution in [2.24, 2.45) is 56.7 Å². The van der Waals surface area contributed by atoms with E-state index in [1.54, 1.807) is 0 Å². The molecular formula is C40H62O6. The van der Waals surface area contributed by atoms with Crippen LogP contribution < -0.4 is 0 Å². The fourth-order valence-corrected chi connectivity index (χ4v) is 12.6. The largest absolute Gasteiger partial charge is 0.463 e. The van der Waals surface area contributed by atoms with E-state index in [0.29, 0.717) is 22.7 Å². The van der Waals surface area contributed by atoms with Crippen molar-refractivity contribution in [3.05, 3.63) is 23.8 Å². The Kier molecular flexibility index (Phi) is 8.73. The highest BCUT2D eigenvalue weighted by Crippen LogP contribution is 2.76. The summed E-state index contributed by atoms with van der Waals surface area (Å²) in [6, 6.07) is 0. The minimum absolute atomic E-state index is 0.0126. The quantitative estimate of drug-likeness (QED) is 0.214. The number of hydrogen-bond acceptors (Lipinski definition) is 6. The molecule has 0 aromatic rings. The van der Waals surface area contributed by atoms with Gasteiger partial charge in [-0.2, -0.15) is 0 Å². The zero-order valence-electron chi connectivity index (χ0n) is 30.4. The maximum Gasteiger partial charge on any atom is 0.303 e. The van der Waals surface area contributed by atoms with Crippen LogP contribution in [0.4, 0.5) is 0 Å². The van der Waals surface area contributed by atoms with Gasteiger partial charge < -0.3 is 18.9 Å². The maximum absolute atomic E-state index is 11.7. The first-order valence-corrected chi connectivity index (χ1v) is 18.5. The maximum atomic E-state index is 11.7. The Bertz CT molecular complexity index is 1270. The molecule has 0 N–H and O–H groups in total.